The number of anilines is 1. The molecule has 4 rings (SSSR count). The number of carbonyl (C=O) groups is 2. The third-order valence-corrected chi connectivity index (χ3v) is 5.42. The summed E-state index contributed by atoms with van der Waals surface area (Å²) in [6, 6.07) is 22.9. The van der Waals surface area contributed by atoms with Gasteiger partial charge in [-0.25, -0.2) is 0 Å². The van der Waals surface area contributed by atoms with Gasteiger partial charge in [0.25, 0.3) is 5.91 Å². The number of hydrogen-bond acceptors (Lipinski definition) is 3. The summed E-state index contributed by atoms with van der Waals surface area (Å²) in [4.78, 5) is 27.1. The normalized spacial score (nSPS) is 13.7. The third-order valence-electron chi connectivity index (χ3n) is 5.42. The zero-order valence-electron chi connectivity index (χ0n) is 17.1. The van der Waals surface area contributed by atoms with E-state index in [2.05, 4.69) is 5.32 Å². The summed E-state index contributed by atoms with van der Waals surface area (Å²) in [5.74, 6) is 0.675. The fourth-order valence-corrected chi connectivity index (χ4v) is 3.72. The lowest BCUT2D eigenvalue weighted by Gasteiger charge is -2.18. The van der Waals surface area contributed by atoms with Crippen LogP contribution in [0.4, 0.5) is 5.69 Å². The highest BCUT2D eigenvalue weighted by Crippen LogP contribution is 2.31. The number of nitrogens with one attached hydrogen (secondary N) is 1. The van der Waals surface area contributed by atoms with Gasteiger partial charge in [-0.3, -0.25) is 9.59 Å². The molecule has 0 aromatic heterocycles. The van der Waals surface area contributed by atoms with Gasteiger partial charge in [-0.2, -0.15) is 0 Å². The van der Waals surface area contributed by atoms with Crippen molar-refractivity contribution >= 4 is 17.5 Å². The zero-order valence-corrected chi connectivity index (χ0v) is 17.1. The Morgan fingerprint density at radius 2 is 1.80 bits per heavy atom. The molecular formula is C25H24N2O3. The minimum absolute atomic E-state index is 0.0537. The molecule has 3 aromatic rings. The summed E-state index contributed by atoms with van der Waals surface area (Å²) >= 11 is 0. The summed E-state index contributed by atoms with van der Waals surface area (Å²) < 4.78 is 5.18. The fourth-order valence-electron chi connectivity index (χ4n) is 3.72. The van der Waals surface area contributed by atoms with Crippen molar-refractivity contribution in [2.24, 2.45) is 0 Å². The first-order valence-corrected chi connectivity index (χ1v) is 9.97. The second kappa shape index (κ2) is 8.41. The molecule has 0 saturated heterocycles. The van der Waals surface area contributed by atoms with Crippen LogP contribution in [0.15, 0.2) is 72.8 Å². The predicted molar refractivity (Wildman–Crippen MR) is 117 cm³/mol. The molecule has 3 aromatic carbocycles. The van der Waals surface area contributed by atoms with Crippen LogP contribution in [-0.4, -0.2) is 18.9 Å². The van der Waals surface area contributed by atoms with Gasteiger partial charge >= 0.3 is 0 Å². The molecule has 0 spiro atoms. The Balaban J connectivity index is 1.47. The topological polar surface area (TPSA) is 58.6 Å². The molecule has 5 heteroatoms. The SMILES string of the molecule is COc1ccc([C@H](C)NC(=O)c2ccc3c(c2)CC(=O)N3Cc2ccccc2)cc1. The van der Waals surface area contributed by atoms with Gasteiger partial charge in [0.1, 0.15) is 5.75 Å². The van der Waals surface area contributed by atoms with E-state index in [-0.39, 0.29) is 17.9 Å². The number of carbonyl (C=O) groups excluding carboxylic acids is 2. The molecule has 0 saturated carbocycles. The second-order valence-electron chi connectivity index (χ2n) is 7.45. The van der Waals surface area contributed by atoms with E-state index >= 15 is 0 Å². The van der Waals surface area contributed by atoms with Crippen molar-refractivity contribution in [3.63, 3.8) is 0 Å². The quantitative estimate of drug-likeness (QED) is 0.672. The highest BCUT2D eigenvalue weighted by Gasteiger charge is 2.28. The smallest absolute Gasteiger partial charge is 0.251 e. The molecule has 2 amide bonds. The van der Waals surface area contributed by atoms with Gasteiger partial charge in [-0.15, -0.1) is 0 Å². The molecule has 0 radical (unpaired) electrons. The first-order chi connectivity index (χ1) is 14.5. The van der Waals surface area contributed by atoms with Crippen LogP contribution >= 0.6 is 0 Å². The Hall–Kier alpha value is -3.60. The first-order valence-electron chi connectivity index (χ1n) is 9.97. The number of benzene rings is 3. The highest BCUT2D eigenvalue weighted by molar-refractivity contribution is 6.03. The van der Waals surface area contributed by atoms with Crippen LogP contribution in [0, 0.1) is 0 Å². The summed E-state index contributed by atoms with van der Waals surface area (Å²) in [7, 11) is 1.62. The van der Waals surface area contributed by atoms with E-state index in [1.807, 2.05) is 73.7 Å². The van der Waals surface area contributed by atoms with E-state index in [0.717, 1.165) is 28.1 Å². The van der Waals surface area contributed by atoms with Gasteiger partial charge in [0.2, 0.25) is 5.91 Å². The van der Waals surface area contributed by atoms with Gasteiger partial charge in [-0.05, 0) is 53.9 Å². The van der Waals surface area contributed by atoms with Crippen LogP contribution in [0.5, 0.6) is 5.75 Å². The van der Waals surface area contributed by atoms with Gasteiger partial charge < -0.3 is 15.0 Å². The predicted octanol–water partition coefficient (Wildman–Crippen LogP) is 4.28. The number of hydrogen-bond donors (Lipinski definition) is 1. The van der Waals surface area contributed by atoms with E-state index in [0.29, 0.717) is 18.5 Å². The lowest BCUT2D eigenvalue weighted by molar-refractivity contribution is -0.117. The molecular weight excluding hydrogens is 376 g/mol. The number of methoxy groups -OCH3 is 1. The summed E-state index contributed by atoms with van der Waals surface area (Å²) in [6.07, 6.45) is 0.317. The Morgan fingerprint density at radius 1 is 1.07 bits per heavy atom. The van der Waals surface area contributed by atoms with Gasteiger partial charge in [-0.1, -0.05) is 42.5 Å². The number of fused-ring (bicyclic) bond motifs is 1. The van der Waals surface area contributed by atoms with Gasteiger partial charge in [0.05, 0.1) is 26.1 Å². The molecule has 0 aliphatic carbocycles. The molecule has 0 bridgehead atoms. The molecule has 1 heterocycles. The summed E-state index contributed by atoms with van der Waals surface area (Å²) in [6.45, 7) is 2.48. The molecule has 1 atom stereocenters. The third kappa shape index (κ3) is 4.06. The average Bonchev–Trinajstić information content (AvgIpc) is 3.08. The van der Waals surface area contributed by atoms with E-state index in [9.17, 15) is 9.59 Å². The average molecular weight is 400 g/mol. The van der Waals surface area contributed by atoms with Gasteiger partial charge in [0, 0.05) is 11.3 Å². The van der Waals surface area contributed by atoms with Gasteiger partial charge in [0.15, 0.2) is 0 Å². The van der Waals surface area contributed by atoms with Crippen LogP contribution < -0.4 is 15.0 Å². The van der Waals surface area contributed by atoms with Crippen LogP contribution in [-0.2, 0) is 17.8 Å². The summed E-state index contributed by atoms with van der Waals surface area (Å²) in [5, 5.41) is 3.03. The molecule has 1 aliphatic heterocycles. The molecule has 5 nitrogen and oxygen atoms in total. The fraction of sp³-hybridized carbons (Fsp3) is 0.200. The Kier molecular flexibility index (Phi) is 5.53. The van der Waals surface area contributed by atoms with Crippen molar-refractivity contribution in [1.82, 2.24) is 5.32 Å². The van der Waals surface area contributed by atoms with Crippen LogP contribution in [0.1, 0.15) is 40.0 Å². The largest absolute Gasteiger partial charge is 0.497 e. The lowest BCUT2D eigenvalue weighted by atomic mass is 10.1. The van der Waals surface area contributed by atoms with Crippen LogP contribution in [0.2, 0.25) is 0 Å². The van der Waals surface area contributed by atoms with E-state index in [1.54, 1.807) is 18.1 Å². The van der Waals surface area contributed by atoms with Crippen LogP contribution in [0.25, 0.3) is 0 Å². The molecule has 0 unspecified atom stereocenters. The molecule has 30 heavy (non-hydrogen) atoms. The number of ether oxygens (including phenoxy) is 1. The lowest BCUT2D eigenvalue weighted by Crippen LogP contribution is -2.27. The van der Waals surface area contributed by atoms with E-state index < -0.39 is 0 Å². The second-order valence-corrected chi connectivity index (χ2v) is 7.45. The Bertz CT molecular complexity index is 1060. The molecule has 152 valence electrons. The Morgan fingerprint density at radius 3 is 2.50 bits per heavy atom. The number of nitrogens with zero attached hydrogens (tertiary/aromatic N) is 1. The first kappa shape index (κ1) is 19.7. The minimum Gasteiger partial charge on any atom is -0.497 e. The maximum Gasteiger partial charge on any atom is 0.251 e. The maximum atomic E-state index is 12.8. The molecule has 1 aliphatic rings. The number of rotatable bonds is 6. The van der Waals surface area contributed by atoms with Crippen molar-refractivity contribution in [1.29, 1.82) is 0 Å². The van der Waals surface area contributed by atoms with Crippen molar-refractivity contribution in [2.75, 3.05) is 12.0 Å². The standard InChI is InChI=1S/C25H24N2O3/c1-17(19-8-11-22(30-2)12-9-19)26-25(29)20-10-13-23-21(14-20)15-24(28)27(23)16-18-6-4-3-5-7-18/h3-14,17H,15-16H2,1-2H3,(H,26,29)/t17-/m0/s1. The maximum absolute atomic E-state index is 12.8. The highest BCUT2D eigenvalue weighted by atomic mass is 16.5. The zero-order chi connectivity index (χ0) is 21.1. The van der Waals surface area contributed by atoms with E-state index in [1.165, 1.54) is 0 Å². The number of amides is 2. The van der Waals surface area contributed by atoms with Crippen molar-refractivity contribution < 1.29 is 14.3 Å². The van der Waals surface area contributed by atoms with Crippen LogP contribution in [0.3, 0.4) is 0 Å². The summed E-state index contributed by atoms with van der Waals surface area (Å²) in [5.41, 5.74) is 4.40. The molecule has 0 fully saturated rings. The monoisotopic (exact) mass is 400 g/mol. The van der Waals surface area contributed by atoms with Crippen molar-refractivity contribution in [3.8, 4) is 5.75 Å². The molecule has 1 N–H and O–H groups in total. The van der Waals surface area contributed by atoms with Crippen molar-refractivity contribution in [3.05, 3.63) is 95.1 Å². The van der Waals surface area contributed by atoms with Crippen molar-refractivity contribution in [2.45, 2.75) is 25.9 Å². The minimum atomic E-state index is -0.157. The van der Waals surface area contributed by atoms with E-state index in [4.69, 9.17) is 4.74 Å². The Labute approximate surface area is 176 Å².